The molecule has 96 valence electrons. The molecule has 1 aliphatic heterocycles. The van der Waals surface area contributed by atoms with Crippen molar-refractivity contribution in [2.45, 2.75) is 25.5 Å². The van der Waals surface area contributed by atoms with Gasteiger partial charge in [-0.25, -0.2) is 8.42 Å². The summed E-state index contributed by atoms with van der Waals surface area (Å²) >= 11 is 1.58. The summed E-state index contributed by atoms with van der Waals surface area (Å²) in [5, 5.41) is 1.96. The maximum absolute atomic E-state index is 11.7. The summed E-state index contributed by atoms with van der Waals surface area (Å²) in [4.78, 5) is 1.06. The third kappa shape index (κ3) is 3.77. The van der Waals surface area contributed by atoms with Gasteiger partial charge in [-0.3, -0.25) is 0 Å². The van der Waals surface area contributed by atoms with Crippen molar-refractivity contribution in [2.24, 2.45) is 0 Å². The molecule has 1 atom stereocenters. The molecule has 2 rings (SSSR count). The first-order valence-electron chi connectivity index (χ1n) is 5.65. The average Bonchev–Trinajstić information content (AvgIpc) is 2.87. The van der Waals surface area contributed by atoms with Crippen molar-refractivity contribution in [3.63, 3.8) is 0 Å². The van der Waals surface area contributed by atoms with Gasteiger partial charge in [0.2, 0.25) is 10.0 Å². The first kappa shape index (κ1) is 13.0. The van der Waals surface area contributed by atoms with Gasteiger partial charge in [-0.05, 0) is 24.3 Å². The van der Waals surface area contributed by atoms with Crippen LogP contribution >= 0.6 is 11.3 Å². The number of hydrogen-bond donors (Lipinski definition) is 0. The highest BCUT2D eigenvalue weighted by molar-refractivity contribution is 7.88. The van der Waals surface area contributed by atoms with E-state index in [0.29, 0.717) is 13.1 Å². The zero-order chi connectivity index (χ0) is 12.3. The summed E-state index contributed by atoms with van der Waals surface area (Å²) in [6, 6.07) is 3.89. The minimum absolute atomic E-state index is 0.0599. The predicted octanol–water partition coefficient (Wildman–Crippen LogP) is 1.69. The molecule has 1 unspecified atom stereocenters. The lowest BCUT2D eigenvalue weighted by molar-refractivity contribution is 0.0929. The summed E-state index contributed by atoms with van der Waals surface area (Å²) in [6.45, 7) is 1.67. The van der Waals surface area contributed by atoms with Gasteiger partial charge in [-0.1, -0.05) is 6.07 Å². The molecular formula is C11H17NO3S2. The Morgan fingerprint density at radius 3 is 2.94 bits per heavy atom. The van der Waals surface area contributed by atoms with Crippen molar-refractivity contribution in [1.29, 1.82) is 0 Å². The van der Waals surface area contributed by atoms with Crippen molar-refractivity contribution < 1.29 is 13.2 Å². The molecule has 0 N–H and O–H groups in total. The molecule has 0 bridgehead atoms. The van der Waals surface area contributed by atoms with Gasteiger partial charge in [0.15, 0.2) is 0 Å². The summed E-state index contributed by atoms with van der Waals surface area (Å²) in [7, 11) is -3.17. The molecule has 0 amide bonds. The first-order valence-corrected chi connectivity index (χ1v) is 8.37. The Morgan fingerprint density at radius 1 is 1.59 bits per heavy atom. The molecule has 1 aromatic rings. The largest absolute Gasteiger partial charge is 0.377 e. The Hall–Kier alpha value is -0.430. The van der Waals surface area contributed by atoms with Gasteiger partial charge in [0.25, 0.3) is 0 Å². The van der Waals surface area contributed by atoms with E-state index in [4.69, 9.17) is 4.74 Å². The SMILES string of the molecule is CS(=O)(=O)N(Cc1cccs1)CC1CCCO1. The van der Waals surface area contributed by atoms with Crippen LogP contribution in [-0.2, 0) is 21.3 Å². The zero-order valence-electron chi connectivity index (χ0n) is 9.83. The molecule has 0 aliphatic carbocycles. The Labute approximate surface area is 106 Å². The van der Waals surface area contributed by atoms with Gasteiger partial charge in [0.1, 0.15) is 0 Å². The van der Waals surface area contributed by atoms with Gasteiger partial charge in [0.05, 0.1) is 12.4 Å². The maximum Gasteiger partial charge on any atom is 0.211 e. The third-order valence-corrected chi connectivity index (χ3v) is 4.89. The van der Waals surface area contributed by atoms with Gasteiger partial charge in [-0.15, -0.1) is 11.3 Å². The van der Waals surface area contributed by atoms with E-state index in [1.54, 1.807) is 11.3 Å². The number of thiophene rings is 1. The Morgan fingerprint density at radius 2 is 2.41 bits per heavy atom. The van der Waals surface area contributed by atoms with E-state index in [1.807, 2.05) is 17.5 Å². The lowest BCUT2D eigenvalue weighted by Gasteiger charge is -2.22. The Kier molecular flexibility index (Phi) is 4.19. The fourth-order valence-corrected chi connectivity index (χ4v) is 3.52. The molecule has 0 aromatic carbocycles. The minimum Gasteiger partial charge on any atom is -0.377 e. The fourth-order valence-electron chi connectivity index (χ4n) is 1.91. The maximum atomic E-state index is 11.7. The Balaban J connectivity index is 2.03. The molecule has 2 heterocycles. The third-order valence-electron chi connectivity index (χ3n) is 2.81. The molecule has 0 spiro atoms. The van der Waals surface area contributed by atoms with Crippen LogP contribution in [0.5, 0.6) is 0 Å². The highest BCUT2D eigenvalue weighted by Crippen LogP contribution is 2.18. The minimum atomic E-state index is -3.17. The van der Waals surface area contributed by atoms with Crippen molar-refractivity contribution in [3.8, 4) is 0 Å². The van der Waals surface area contributed by atoms with Crippen LogP contribution in [0.4, 0.5) is 0 Å². The Bertz CT molecular complexity index is 435. The van der Waals surface area contributed by atoms with Crippen molar-refractivity contribution in [3.05, 3.63) is 22.4 Å². The van der Waals surface area contributed by atoms with Gasteiger partial charge >= 0.3 is 0 Å². The van der Waals surface area contributed by atoms with Crippen molar-refractivity contribution in [2.75, 3.05) is 19.4 Å². The van der Waals surface area contributed by atoms with Crippen molar-refractivity contribution in [1.82, 2.24) is 4.31 Å². The van der Waals surface area contributed by atoms with Crippen LogP contribution in [0.3, 0.4) is 0 Å². The number of hydrogen-bond acceptors (Lipinski definition) is 4. The number of rotatable bonds is 5. The fraction of sp³-hybridized carbons (Fsp3) is 0.636. The topological polar surface area (TPSA) is 46.6 Å². The normalized spacial score (nSPS) is 21.2. The van der Waals surface area contributed by atoms with E-state index in [1.165, 1.54) is 10.6 Å². The van der Waals surface area contributed by atoms with Crippen LogP contribution in [0.15, 0.2) is 17.5 Å². The van der Waals surface area contributed by atoms with Crippen LogP contribution in [0.1, 0.15) is 17.7 Å². The van der Waals surface area contributed by atoms with Gasteiger partial charge in [-0.2, -0.15) is 4.31 Å². The standard InChI is InChI=1S/C11H17NO3S2/c1-17(13,14)12(8-10-4-2-6-15-10)9-11-5-3-7-16-11/h3,5,7,10H,2,4,6,8-9H2,1H3. The molecule has 1 saturated heterocycles. The molecule has 1 aromatic heterocycles. The molecule has 17 heavy (non-hydrogen) atoms. The summed E-state index contributed by atoms with van der Waals surface area (Å²) in [5.41, 5.74) is 0. The average molecular weight is 275 g/mol. The lowest BCUT2D eigenvalue weighted by atomic mass is 10.2. The molecule has 6 heteroatoms. The smallest absolute Gasteiger partial charge is 0.211 e. The van der Waals surface area contributed by atoms with Gasteiger partial charge in [0, 0.05) is 24.6 Å². The predicted molar refractivity (Wildman–Crippen MR) is 68.5 cm³/mol. The monoisotopic (exact) mass is 275 g/mol. The van der Waals surface area contributed by atoms with Crippen LogP contribution in [0, 0.1) is 0 Å². The van der Waals surface area contributed by atoms with Gasteiger partial charge < -0.3 is 4.74 Å². The van der Waals surface area contributed by atoms with E-state index < -0.39 is 10.0 Å². The summed E-state index contributed by atoms with van der Waals surface area (Å²) < 4.78 is 30.4. The van der Waals surface area contributed by atoms with E-state index >= 15 is 0 Å². The molecule has 0 saturated carbocycles. The van der Waals surface area contributed by atoms with E-state index in [9.17, 15) is 8.42 Å². The quantitative estimate of drug-likeness (QED) is 0.821. The van der Waals surface area contributed by atoms with Crippen LogP contribution in [0.25, 0.3) is 0 Å². The second-order valence-corrected chi connectivity index (χ2v) is 7.28. The van der Waals surface area contributed by atoms with Crippen LogP contribution in [0.2, 0.25) is 0 Å². The molecular weight excluding hydrogens is 258 g/mol. The lowest BCUT2D eigenvalue weighted by Crippen LogP contribution is -2.35. The zero-order valence-corrected chi connectivity index (χ0v) is 11.5. The molecule has 0 radical (unpaired) electrons. The summed E-state index contributed by atoms with van der Waals surface area (Å²) in [6.07, 6.45) is 3.30. The van der Waals surface area contributed by atoms with E-state index in [-0.39, 0.29) is 6.10 Å². The van der Waals surface area contributed by atoms with Crippen LogP contribution in [-0.4, -0.2) is 38.2 Å². The van der Waals surface area contributed by atoms with E-state index in [0.717, 1.165) is 24.3 Å². The number of sulfonamides is 1. The first-order chi connectivity index (χ1) is 8.05. The second-order valence-electron chi connectivity index (χ2n) is 4.27. The highest BCUT2D eigenvalue weighted by Gasteiger charge is 2.24. The second kappa shape index (κ2) is 5.48. The highest BCUT2D eigenvalue weighted by atomic mass is 32.2. The molecule has 1 aliphatic rings. The van der Waals surface area contributed by atoms with E-state index in [2.05, 4.69) is 0 Å². The summed E-state index contributed by atoms with van der Waals surface area (Å²) in [5.74, 6) is 0. The van der Waals surface area contributed by atoms with Crippen molar-refractivity contribution >= 4 is 21.4 Å². The number of nitrogens with zero attached hydrogens (tertiary/aromatic N) is 1. The van der Waals surface area contributed by atoms with Crippen LogP contribution < -0.4 is 0 Å². The number of ether oxygens (including phenoxy) is 1. The molecule has 1 fully saturated rings. The molecule has 4 nitrogen and oxygen atoms in total.